The molecule has 1 fully saturated rings. The second kappa shape index (κ2) is 6.77. The molecule has 1 atom stereocenters. The van der Waals surface area contributed by atoms with Crippen molar-refractivity contribution in [2.24, 2.45) is 0 Å². The highest BCUT2D eigenvalue weighted by atomic mass is 16.5. The van der Waals surface area contributed by atoms with Gasteiger partial charge in [-0.15, -0.1) is 0 Å². The average molecular weight is 289 g/mol. The highest BCUT2D eigenvalue weighted by Crippen LogP contribution is 2.35. The topological polar surface area (TPSA) is 27.7 Å². The number of nitrogens with zero attached hydrogens (tertiary/aromatic N) is 2. The first-order valence-corrected chi connectivity index (χ1v) is 8.25. The third-order valence-electron chi connectivity index (χ3n) is 4.74. The quantitative estimate of drug-likeness (QED) is 0.916. The summed E-state index contributed by atoms with van der Waals surface area (Å²) in [6.07, 6.45) is 0. The van der Waals surface area contributed by atoms with Crippen molar-refractivity contribution in [2.75, 3.05) is 45.9 Å². The minimum atomic E-state index is 0.454. The largest absolute Gasteiger partial charge is 0.494 e. The predicted molar refractivity (Wildman–Crippen MR) is 85.7 cm³/mol. The van der Waals surface area contributed by atoms with Crippen LogP contribution in [0.1, 0.15) is 31.0 Å². The Hall–Kier alpha value is -1.10. The lowest BCUT2D eigenvalue weighted by molar-refractivity contribution is 0.0933. The molecule has 2 heterocycles. The Kier molecular flexibility index (Phi) is 4.78. The van der Waals surface area contributed by atoms with E-state index in [0.717, 1.165) is 45.1 Å². The molecule has 0 spiro atoms. The maximum Gasteiger partial charge on any atom is 0.124 e. The summed E-state index contributed by atoms with van der Waals surface area (Å²) < 4.78 is 5.90. The minimum Gasteiger partial charge on any atom is -0.494 e. The third kappa shape index (κ3) is 3.07. The molecule has 0 bridgehead atoms. The van der Waals surface area contributed by atoms with Gasteiger partial charge in [-0.05, 0) is 25.1 Å². The number of benzene rings is 1. The van der Waals surface area contributed by atoms with E-state index in [9.17, 15) is 0 Å². The van der Waals surface area contributed by atoms with Gasteiger partial charge in [-0.1, -0.05) is 19.1 Å². The number of piperazine rings is 1. The maximum absolute atomic E-state index is 5.90. The third-order valence-corrected chi connectivity index (χ3v) is 4.74. The minimum absolute atomic E-state index is 0.454. The average Bonchev–Trinajstić information content (AvgIpc) is 2.55. The van der Waals surface area contributed by atoms with E-state index in [1.54, 1.807) is 0 Å². The number of hydrogen-bond donors (Lipinski definition) is 1. The lowest BCUT2D eigenvalue weighted by Crippen LogP contribution is -2.50. The fraction of sp³-hybridized carbons (Fsp3) is 0.647. The number of rotatable bonds is 4. The smallest absolute Gasteiger partial charge is 0.124 e. The van der Waals surface area contributed by atoms with Crippen LogP contribution in [-0.2, 0) is 6.54 Å². The molecule has 4 nitrogen and oxygen atoms in total. The summed E-state index contributed by atoms with van der Waals surface area (Å²) in [5.41, 5.74) is 2.82. The van der Waals surface area contributed by atoms with Crippen LogP contribution >= 0.6 is 0 Å². The van der Waals surface area contributed by atoms with E-state index in [2.05, 4.69) is 47.2 Å². The lowest BCUT2D eigenvalue weighted by Gasteiger charge is -2.41. The van der Waals surface area contributed by atoms with E-state index < -0.39 is 0 Å². The van der Waals surface area contributed by atoms with Gasteiger partial charge in [-0.3, -0.25) is 4.90 Å². The first-order valence-electron chi connectivity index (χ1n) is 8.25. The fourth-order valence-corrected chi connectivity index (χ4v) is 3.55. The molecule has 2 aliphatic heterocycles. The molecule has 1 N–H and O–H groups in total. The molecule has 21 heavy (non-hydrogen) atoms. The van der Waals surface area contributed by atoms with Gasteiger partial charge in [0.25, 0.3) is 0 Å². The summed E-state index contributed by atoms with van der Waals surface area (Å²) in [5, 5.41) is 3.57. The Balaban J connectivity index is 1.83. The van der Waals surface area contributed by atoms with Crippen molar-refractivity contribution >= 4 is 0 Å². The SMILES string of the molecule is CCOc1cccc2c1[C@H](N1CCN(CC)CC1)CNC2. The first kappa shape index (κ1) is 14.8. The Morgan fingerprint density at radius 1 is 1.19 bits per heavy atom. The molecule has 0 aliphatic carbocycles. The Morgan fingerprint density at radius 3 is 2.71 bits per heavy atom. The standard InChI is InChI=1S/C17H27N3O/c1-3-19-8-10-20(11-9-19)15-13-18-12-14-6-5-7-16(17(14)15)21-4-2/h5-7,15,18H,3-4,8-13H2,1-2H3/t15-/m1/s1. The van der Waals surface area contributed by atoms with Gasteiger partial charge in [0.15, 0.2) is 0 Å². The van der Waals surface area contributed by atoms with Gasteiger partial charge in [0.05, 0.1) is 12.6 Å². The van der Waals surface area contributed by atoms with Crippen molar-refractivity contribution in [2.45, 2.75) is 26.4 Å². The predicted octanol–water partition coefficient (Wildman–Crippen LogP) is 1.87. The lowest BCUT2D eigenvalue weighted by atomic mass is 9.94. The number of ether oxygens (including phenoxy) is 1. The van der Waals surface area contributed by atoms with Gasteiger partial charge in [0.2, 0.25) is 0 Å². The molecule has 4 heteroatoms. The molecular formula is C17H27N3O. The number of nitrogens with one attached hydrogen (secondary N) is 1. The molecule has 0 radical (unpaired) electrons. The monoisotopic (exact) mass is 289 g/mol. The summed E-state index contributed by atoms with van der Waals surface area (Å²) in [5.74, 6) is 1.08. The molecular weight excluding hydrogens is 262 g/mol. The Labute approximate surface area is 128 Å². The number of likely N-dealkylation sites (N-methyl/N-ethyl adjacent to an activating group) is 1. The highest BCUT2D eigenvalue weighted by molar-refractivity contribution is 5.44. The van der Waals surface area contributed by atoms with Crippen LogP contribution in [0.3, 0.4) is 0 Å². The van der Waals surface area contributed by atoms with Crippen LogP contribution in [0.25, 0.3) is 0 Å². The molecule has 1 aromatic rings. The molecule has 0 saturated carbocycles. The summed E-state index contributed by atoms with van der Waals surface area (Å²) in [7, 11) is 0. The van der Waals surface area contributed by atoms with E-state index in [-0.39, 0.29) is 0 Å². The van der Waals surface area contributed by atoms with Gasteiger partial charge in [-0.25, -0.2) is 0 Å². The van der Waals surface area contributed by atoms with Crippen LogP contribution < -0.4 is 10.1 Å². The zero-order chi connectivity index (χ0) is 14.7. The maximum atomic E-state index is 5.90. The number of hydrogen-bond acceptors (Lipinski definition) is 4. The number of fused-ring (bicyclic) bond motifs is 1. The second-order valence-corrected chi connectivity index (χ2v) is 5.88. The zero-order valence-electron chi connectivity index (χ0n) is 13.3. The van der Waals surface area contributed by atoms with Crippen molar-refractivity contribution in [1.82, 2.24) is 15.1 Å². The fourth-order valence-electron chi connectivity index (χ4n) is 3.55. The van der Waals surface area contributed by atoms with Crippen LogP contribution in [0.15, 0.2) is 18.2 Å². The van der Waals surface area contributed by atoms with Crippen LogP contribution in [0.4, 0.5) is 0 Å². The van der Waals surface area contributed by atoms with Gasteiger partial charge >= 0.3 is 0 Å². The Bertz CT molecular complexity index is 469. The van der Waals surface area contributed by atoms with Crippen molar-refractivity contribution < 1.29 is 4.74 Å². The van der Waals surface area contributed by atoms with E-state index >= 15 is 0 Å². The summed E-state index contributed by atoms with van der Waals surface area (Å²) in [4.78, 5) is 5.15. The molecule has 0 aromatic heterocycles. The molecule has 1 saturated heterocycles. The van der Waals surface area contributed by atoms with E-state index in [1.807, 2.05) is 0 Å². The van der Waals surface area contributed by atoms with Crippen molar-refractivity contribution in [1.29, 1.82) is 0 Å². The second-order valence-electron chi connectivity index (χ2n) is 5.88. The van der Waals surface area contributed by atoms with E-state index in [4.69, 9.17) is 4.74 Å². The van der Waals surface area contributed by atoms with Gasteiger partial charge < -0.3 is 15.0 Å². The molecule has 0 unspecified atom stereocenters. The van der Waals surface area contributed by atoms with E-state index in [1.165, 1.54) is 24.2 Å². The normalized spacial score (nSPS) is 23.8. The zero-order valence-corrected chi connectivity index (χ0v) is 13.3. The van der Waals surface area contributed by atoms with Crippen LogP contribution in [-0.4, -0.2) is 55.7 Å². The first-order chi connectivity index (χ1) is 10.3. The molecule has 116 valence electrons. The van der Waals surface area contributed by atoms with Crippen molar-refractivity contribution in [3.63, 3.8) is 0 Å². The van der Waals surface area contributed by atoms with Gasteiger partial charge in [0.1, 0.15) is 5.75 Å². The van der Waals surface area contributed by atoms with Crippen molar-refractivity contribution in [3.8, 4) is 5.75 Å². The van der Waals surface area contributed by atoms with Crippen LogP contribution in [0, 0.1) is 0 Å². The van der Waals surface area contributed by atoms with Crippen LogP contribution in [0.5, 0.6) is 5.75 Å². The summed E-state index contributed by atoms with van der Waals surface area (Å²) >= 11 is 0. The van der Waals surface area contributed by atoms with Crippen molar-refractivity contribution in [3.05, 3.63) is 29.3 Å². The molecule has 3 rings (SSSR count). The summed E-state index contributed by atoms with van der Waals surface area (Å²) in [6, 6.07) is 6.93. The van der Waals surface area contributed by atoms with Gasteiger partial charge in [-0.2, -0.15) is 0 Å². The van der Waals surface area contributed by atoms with Crippen LogP contribution in [0.2, 0.25) is 0 Å². The Morgan fingerprint density at radius 2 is 2.00 bits per heavy atom. The summed E-state index contributed by atoms with van der Waals surface area (Å²) in [6.45, 7) is 12.9. The molecule has 1 aromatic carbocycles. The van der Waals surface area contributed by atoms with E-state index in [0.29, 0.717) is 6.04 Å². The molecule has 2 aliphatic rings. The van der Waals surface area contributed by atoms with Gasteiger partial charge in [0, 0.05) is 44.8 Å². The molecule has 0 amide bonds. The highest BCUT2D eigenvalue weighted by Gasteiger charge is 2.30.